The fourth-order valence-electron chi connectivity index (χ4n) is 1.62. The van der Waals surface area contributed by atoms with Crippen LogP contribution in [0.15, 0.2) is 0 Å². The van der Waals surface area contributed by atoms with Crippen molar-refractivity contribution in [3.05, 3.63) is 0 Å². The van der Waals surface area contributed by atoms with Gasteiger partial charge in [-0.2, -0.15) is 0 Å². The van der Waals surface area contributed by atoms with Gasteiger partial charge in [0, 0.05) is 13.7 Å². The first-order valence-corrected chi connectivity index (χ1v) is 4.27. The second-order valence-electron chi connectivity index (χ2n) is 3.10. The molecule has 0 radical (unpaired) electrons. The summed E-state index contributed by atoms with van der Waals surface area (Å²) in [5, 5.41) is 8.60. The third-order valence-electron chi connectivity index (χ3n) is 2.53. The molecule has 72 valence electrons. The van der Waals surface area contributed by atoms with Crippen molar-refractivity contribution in [2.75, 3.05) is 26.9 Å². The van der Waals surface area contributed by atoms with Crippen LogP contribution in [0, 0.1) is 0 Å². The van der Waals surface area contributed by atoms with Gasteiger partial charge in [-0.1, -0.05) is 0 Å². The second-order valence-corrected chi connectivity index (χ2v) is 3.10. The van der Waals surface area contributed by atoms with Gasteiger partial charge in [0.2, 0.25) is 0 Å². The molecule has 0 aromatic carbocycles. The zero-order valence-corrected chi connectivity index (χ0v) is 7.45. The minimum atomic E-state index is -0.322. The van der Waals surface area contributed by atoms with Gasteiger partial charge < -0.3 is 20.3 Å². The highest BCUT2D eigenvalue weighted by atomic mass is 16.6. The normalized spacial score (nSPS) is 34.8. The molecular formula is C8H17NO3. The molecule has 0 amide bonds. The molecule has 1 aliphatic rings. The number of methoxy groups -OCH3 is 1. The lowest BCUT2D eigenvalue weighted by Crippen LogP contribution is -2.59. The minimum absolute atomic E-state index is 0.0399. The molecule has 0 aliphatic heterocycles. The lowest BCUT2D eigenvalue weighted by atomic mass is 9.76. The number of aliphatic hydroxyl groups is 1. The Bertz CT molecular complexity index is 136. The molecule has 0 aromatic heterocycles. The molecule has 4 nitrogen and oxygen atoms in total. The Kier molecular flexibility index (Phi) is 3.46. The van der Waals surface area contributed by atoms with Crippen LogP contribution in [-0.2, 0) is 9.47 Å². The number of aliphatic hydroxyl groups excluding tert-OH is 1. The average Bonchev–Trinajstić information content (AvgIpc) is 2.06. The van der Waals surface area contributed by atoms with E-state index in [0.29, 0.717) is 13.2 Å². The van der Waals surface area contributed by atoms with Gasteiger partial charge in [-0.05, 0) is 12.8 Å². The van der Waals surface area contributed by atoms with E-state index in [0.717, 1.165) is 12.8 Å². The minimum Gasteiger partial charge on any atom is -0.394 e. The molecule has 4 heteroatoms. The molecule has 3 N–H and O–H groups in total. The van der Waals surface area contributed by atoms with Crippen LogP contribution >= 0.6 is 0 Å². The van der Waals surface area contributed by atoms with E-state index < -0.39 is 0 Å². The fourth-order valence-corrected chi connectivity index (χ4v) is 1.62. The molecule has 0 aromatic rings. The van der Waals surface area contributed by atoms with Crippen molar-refractivity contribution in [3.63, 3.8) is 0 Å². The summed E-state index contributed by atoms with van der Waals surface area (Å²) >= 11 is 0. The lowest BCUT2D eigenvalue weighted by Gasteiger charge is -2.47. The van der Waals surface area contributed by atoms with Crippen LogP contribution in [0.1, 0.15) is 12.8 Å². The smallest absolute Gasteiger partial charge is 0.107 e. The average molecular weight is 175 g/mol. The Morgan fingerprint density at radius 1 is 1.67 bits per heavy atom. The van der Waals surface area contributed by atoms with E-state index >= 15 is 0 Å². The topological polar surface area (TPSA) is 64.7 Å². The van der Waals surface area contributed by atoms with Gasteiger partial charge in [0.15, 0.2) is 0 Å². The SMILES string of the molecule is COC1CCC1(CN)OCCO. The first-order valence-electron chi connectivity index (χ1n) is 4.27. The summed E-state index contributed by atoms with van der Waals surface area (Å²) in [6, 6.07) is 0. The first-order chi connectivity index (χ1) is 5.79. The van der Waals surface area contributed by atoms with E-state index in [4.69, 9.17) is 20.3 Å². The molecule has 0 spiro atoms. The third-order valence-corrected chi connectivity index (χ3v) is 2.53. The monoisotopic (exact) mass is 175 g/mol. The highest BCUT2D eigenvalue weighted by molar-refractivity contribution is 5.00. The van der Waals surface area contributed by atoms with Crippen molar-refractivity contribution in [2.24, 2.45) is 5.73 Å². The van der Waals surface area contributed by atoms with E-state index in [2.05, 4.69) is 0 Å². The van der Waals surface area contributed by atoms with Crippen molar-refractivity contribution in [2.45, 2.75) is 24.5 Å². The molecule has 1 aliphatic carbocycles. The van der Waals surface area contributed by atoms with Crippen LogP contribution in [0.4, 0.5) is 0 Å². The predicted octanol–water partition coefficient (Wildman–Crippen LogP) is -0.498. The quantitative estimate of drug-likeness (QED) is 0.591. The van der Waals surface area contributed by atoms with Gasteiger partial charge in [0.1, 0.15) is 5.60 Å². The Balaban J connectivity index is 2.40. The van der Waals surface area contributed by atoms with Gasteiger partial charge in [-0.3, -0.25) is 0 Å². The Hall–Kier alpha value is -0.160. The van der Waals surface area contributed by atoms with Gasteiger partial charge in [-0.15, -0.1) is 0 Å². The van der Waals surface area contributed by atoms with Crippen LogP contribution in [0.2, 0.25) is 0 Å². The maximum absolute atomic E-state index is 8.60. The largest absolute Gasteiger partial charge is 0.394 e. The lowest BCUT2D eigenvalue weighted by molar-refractivity contribution is -0.191. The first kappa shape index (κ1) is 9.92. The zero-order valence-electron chi connectivity index (χ0n) is 7.45. The maximum Gasteiger partial charge on any atom is 0.107 e. The van der Waals surface area contributed by atoms with Crippen LogP contribution in [0.25, 0.3) is 0 Å². The van der Waals surface area contributed by atoms with Crippen molar-refractivity contribution < 1.29 is 14.6 Å². The molecule has 2 atom stereocenters. The molecule has 1 rings (SSSR count). The summed E-state index contributed by atoms with van der Waals surface area (Å²) in [6.07, 6.45) is 2.04. The number of ether oxygens (including phenoxy) is 2. The zero-order chi connectivity index (χ0) is 9.03. The number of hydrogen-bond donors (Lipinski definition) is 2. The third kappa shape index (κ3) is 1.61. The molecule has 12 heavy (non-hydrogen) atoms. The Labute approximate surface area is 72.6 Å². The van der Waals surface area contributed by atoms with E-state index in [-0.39, 0.29) is 18.3 Å². The molecule has 0 bridgehead atoms. The van der Waals surface area contributed by atoms with Gasteiger partial charge in [0.05, 0.1) is 19.3 Å². The summed E-state index contributed by atoms with van der Waals surface area (Å²) < 4.78 is 10.7. The van der Waals surface area contributed by atoms with E-state index in [1.807, 2.05) is 0 Å². The molecule has 0 heterocycles. The van der Waals surface area contributed by atoms with Crippen LogP contribution < -0.4 is 5.73 Å². The van der Waals surface area contributed by atoms with Crippen molar-refractivity contribution in [3.8, 4) is 0 Å². The molecular weight excluding hydrogens is 158 g/mol. The van der Waals surface area contributed by atoms with Crippen LogP contribution in [0.5, 0.6) is 0 Å². The van der Waals surface area contributed by atoms with Crippen molar-refractivity contribution >= 4 is 0 Å². The van der Waals surface area contributed by atoms with E-state index in [1.165, 1.54) is 0 Å². The summed E-state index contributed by atoms with van der Waals surface area (Å²) in [5.41, 5.74) is 5.27. The van der Waals surface area contributed by atoms with Crippen LogP contribution in [0.3, 0.4) is 0 Å². The van der Waals surface area contributed by atoms with Crippen LogP contribution in [-0.4, -0.2) is 43.7 Å². The second kappa shape index (κ2) is 4.18. The van der Waals surface area contributed by atoms with Gasteiger partial charge in [-0.25, -0.2) is 0 Å². The summed E-state index contributed by atoms with van der Waals surface area (Å²) in [4.78, 5) is 0. The van der Waals surface area contributed by atoms with Gasteiger partial charge in [0.25, 0.3) is 0 Å². The molecule has 0 saturated heterocycles. The highest BCUT2D eigenvalue weighted by Gasteiger charge is 2.47. The van der Waals surface area contributed by atoms with E-state index in [1.54, 1.807) is 7.11 Å². The molecule has 1 saturated carbocycles. The molecule has 1 fully saturated rings. The Morgan fingerprint density at radius 3 is 2.75 bits per heavy atom. The summed E-state index contributed by atoms with van der Waals surface area (Å²) in [6.45, 7) is 0.848. The summed E-state index contributed by atoms with van der Waals surface area (Å²) in [5.74, 6) is 0. The molecule has 2 unspecified atom stereocenters. The van der Waals surface area contributed by atoms with Crippen molar-refractivity contribution in [1.82, 2.24) is 0 Å². The van der Waals surface area contributed by atoms with Gasteiger partial charge >= 0.3 is 0 Å². The van der Waals surface area contributed by atoms with E-state index in [9.17, 15) is 0 Å². The number of rotatable bonds is 5. The number of nitrogens with two attached hydrogens (primary N) is 1. The Morgan fingerprint density at radius 2 is 2.42 bits per heavy atom. The summed E-state index contributed by atoms with van der Waals surface area (Å²) in [7, 11) is 1.66. The number of hydrogen-bond acceptors (Lipinski definition) is 4. The standard InChI is InChI=1S/C8H17NO3/c1-11-7-2-3-8(7,6-9)12-5-4-10/h7,10H,2-6,9H2,1H3. The highest BCUT2D eigenvalue weighted by Crippen LogP contribution is 2.36. The maximum atomic E-state index is 8.60. The predicted molar refractivity (Wildman–Crippen MR) is 44.9 cm³/mol. The van der Waals surface area contributed by atoms with Crippen molar-refractivity contribution in [1.29, 1.82) is 0 Å². The fraction of sp³-hybridized carbons (Fsp3) is 1.00.